The molecule has 0 unspecified atom stereocenters. The van der Waals surface area contributed by atoms with Gasteiger partial charge in [0.2, 0.25) is 0 Å². The molecule has 0 aromatic carbocycles. The summed E-state index contributed by atoms with van der Waals surface area (Å²) >= 11 is 0. The molecular formula is C12H20N2O2. The van der Waals surface area contributed by atoms with Crippen LogP contribution in [0, 0.1) is 0 Å². The number of hydrogen-bond donors (Lipinski definition) is 1. The van der Waals surface area contributed by atoms with Gasteiger partial charge in [0.15, 0.2) is 5.76 Å². The molecule has 4 nitrogen and oxygen atoms in total. The van der Waals surface area contributed by atoms with Gasteiger partial charge in [-0.25, -0.2) is 0 Å². The third-order valence-electron chi connectivity index (χ3n) is 2.52. The average Bonchev–Trinajstić information content (AvgIpc) is 2.76. The number of unbranched alkanes of at least 4 members (excludes halogenated alkanes) is 2. The predicted molar refractivity (Wildman–Crippen MR) is 63.1 cm³/mol. The standard InChI is InChI=1S/C12H20N2O2/c1-3-4-5-8-14(2)12(15)11-7-6-10(9-13)16-11/h6-7H,3-5,8-9,13H2,1-2H3. The first kappa shape index (κ1) is 12.8. The normalized spacial score (nSPS) is 10.4. The molecule has 1 rings (SSSR count). The Balaban J connectivity index is 2.49. The van der Waals surface area contributed by atoms with Gasteiger partial charge in [0.25, 0.3) is 5.91 Å². The van der Waals surface area contributed by atoms with E-state index in [1.807, 2.05) is 0 Å². The maximum Gasteiger partial charge on any atom is 0.289 e. The van der Waals surface area contributed by atoms with Crippen LogP contribution >= 0.6 is 0 Å². The Morgan fingerprint density at radius 3 is 2.75 bits per heavy atom. The zero-order valence-electron chi connectivity index (χ0n) is 10.0. The van der Waals surface area contributed by atoms with Gasteiger partial charge in [-0.2, -0.15) is 0 Å². The zero-order chi connectivity index (χ0) is 12.0. The number of furan rings is 1. The smallest absolute Gasteiger partial charge is 0.289 e. The SMILES string of the molecule is CCCCCN(C)C(=O)c1ccc(CN)o1. The molecule has 0 atom stereocenters. The molecule has 0 spiro atoms. The van der Waals surface area contributed by atoms with Gasteiger partial charge in [0.05, 0.1) is 6.54 Å². The first-order valence-corrected chi connectivity index (χ1v) is 5.73. The highest BCUT2D eigenvalue weighted by molar-refractivity contribution is 5.91. The van der Waals surface area contributed by atoms with Crippen LogP contribution in [0.25, 0.3) is 0 Å². The van der Waals surface area contributed by atoms with Gasteiger partial charge in [0.1, 0.15) is 5.76 Å². The predicted octanol–water partition coefficient (Wildman–Crippen LogP) is 2.00. The van der Waals surface area contributed by atoms with Crippen LogP contribution in [0.1, 0.15) is 42.5 Å². The number of nitrogens with zero attached hydrogens (tertiary/aromatic N) is 1. The van der Waals surface area contributed by atoms with Crippen molar-refractivity contribution in [2.75, 3.05) is 13.6 Å². The molecule has 0 fully saturated rings. The highest BCUT2D eigenvalue weighted by atomic mass is 16.4. The van der Waals surface area contributed by atoms with Gasteiger partial charge < -0.3 is 15.1 Å². The monoisotopic (exact) mass is 224 g/mol. The van der Waals surface area contributed by atoms with Crippen LogP contribution in [0.15, 0.2) is 16.5 Å². The fourth-order valence-corrected chi connectivity index (χ4v) is 1.49. The highest BCUT2D eigenvalue weighted by Crippen LogP contribution is 2.10. The second-order valence-corrected chi connectivity index (χ2v) is 3.90. The minimum absolute atomic E-state index is 0.0733. The Morgan fingerprint density at radius 2 is 2.19 bits per heavy atom. The van der Waals surface area contributed by atoms with E-state index >= 15 is 0 Å². The highest BCUT2D eigenvalue weighted by Gasteiger charge is 2.14. The molecule has 1 amide bonds. The van der Waals surface area contributed by atoms with Crippen molar-refractivity contribution in [1.82, 2.24) is 4.90 Å². The van der Waals surface area contributed by atoms with E-state index < -0.39 is 0 Å². The summed E-state index contributed by atoms with van der Waals surface area (Å²) in [4.78, 5) is 13.5. The summed E-state index contributed by atoms with van der Waals surface area (Å²) in [5.74, 6) is 0.945. The van der Waals surface area contributed by atoms with Gasteiger partial charge in [-0.05, 0) is 18.6 Å². The van der Waals surface area contributed by atoms with Gasteiger partial charge in [-0.15, -0.1) is 0 Å². The molecule has 2 N–H and O–H groups in total. The van der Waals surface area contributed by atoms with E-state index in [1.165, 1.54) is 0 Å². The summed E-state index contributed by atoms with van der Waals surface area (Å²) < 4.78 is 5.31. The molecule has 0 aliphatic carbocycles. The minimum atomic E-state index is -0.0733. The number of hydrogen-bond acceptors (Lipinski definition) is 3. The van der Waals surface area contributed by atoms with Crippen molar-refractivity contribution in [1.29, 1.82) is 0 Å². The van der Waals surface area contributed by atoms with E-state index in [-0.39, 0.29) is 5.91 Å². The van der Waals surface area contributed by atoms with Crippen LogP contribution < -0.4 is 5.73 Å². The number of carbonyl (C=O) groups excluding carboxylic acids is 1. The van der Waals surface area contributed by atoms with E-state index in [2.05, 4.69) is 6.92 Å². The maximum absolute atomic E-state index is 11.9. The average molecular weight is 224 g/mol. The summed E-state index contributed by atoms with van der Waals surface area (Å²) in [7, 11) is 1.79. The largest absolute Gasteiger partial charge is 0.455 e. The first-order valence-electron chi connectivity index (χ1n) is 5.73. The first-order chi connectivity index (χ1) is 7.69. The molecule has 1 aromatic heterocycles. The summed E-state index contributed by atoms with van der Waals surface area (Å²) in [6, 6.07) is 3.42. The summed E-state index contributed by atoms with van der Waals surface area (Å²) in [5, 5.41) is 0. The van der Waals surface area contributed by atoms with Crippen LogP contribution in [0.5, 0.6) is 0 Å². The number of amides is 1. The Morgan fingerprint density at radius 1 is 1.44 bits per heavy atom. The molecule has 0 saturated heterocycles. The van der Waals surface area contributed by atoms with Gasteiger partial charge in [-0.3, -0.25) is 4.79 Å². The quantitative estimate of drug-likeness (QED) is 0.752. The number of nitrogens with two attached hydrogens (primary N) is 1. The second kappa shape index (κ2) is 6.33. The third-order valence-corrected chi connectivity index (χ3v) is 2.52. The summed E-state index contributed by atoms with van der Waals surface area (Å²) in [6.45, 7) is 3.24. The molecule has 4 heteroatoms. The Labute approximate surface area is 96.4 Å². The van der Waals surface area contributed by atoms with E-state index in [1.54, 1.807) is 24.1 Å². The van der Waals surface area contributed by atoms with E-state index in [0.29, 0.717) is 18.1 Å². The van der Waals surface area contributed by atoms with Gasteiger partial charge >= 0.3 is 0 Å². The van der Waals surface area contributed by atoms with E-state index in [9.17, 15) is 4.79 Å². The van der Waals surface area contributed by atoms with Crippen molar-refractivity contribution in [3.8, 4) is 0 Å². The number of rotatable bonds is 6. The van der Waals surface area contributed by atoms with Gasteiger partial charge in [-0.1, -0.05) is 19.8 Å². The van der Waals surface area contributed by atoms with E-state index in [4.69, 9.17) is 10.2 Å². The molecule has 0 aliphatic heterocycles. The maximum atomic E-state index is 11.9. The van der Waals surface area contributed by atoms with Crippen LogP contribution in [0.3, 0.4) is 0 Å². The molecule has 1 aromatic rings. The molecule has 0 radical (unpaired) electrons. The Kier molecular flexibility index (Phi) is 5.05. The summed E-state index contributed by atoms with van der Waals surface area (Å²) in [6.07, 6.45) is 3.33. The van der Waals surface area contributed by atoms with Crippen molar-refractivity contribution >= 4 is 5.91 Å². The fourth-order valence-electron chi connectivity index (χ4n) is 1.49. The lowest BCUT2D eigenvalue weighted by molar-refractivity contribution is 0.0759. The molecule has 0 bridgehead atoms. The van der Waals surface area contributed by atoms with Crippen molar-refractivity contribution in [3.05, 3.63) is 23.7 Å². The van der Waals surface area contributed by atoms with E-state index in [0.717, 1.165) is 25.8 Å². The Bertz CT molecular complexity index is 334. The second-order valence-electron chi connectivity index (χ2n) is 3.90. The van der Waals surface area contributed by atoms with Crippen molar-refractivity contribution in [2.45, 2.75) is 32.7 Å². The molecular weight excluding hydrogens is 204 g/mol. The Hall–Kier alpha value is -1.29. The van der Waals surface area contributed by atoms with Crippen molar-refractivity contribution in [2.24, 2.45) is 5.73 Å². The van der Waals surface area contributed by atoms with Crippen LogP contribution in [0.2, 0.25) is 0 Å². The lowest BCUT2D eigenvalue weighted by atomic mass is 10.2. The fraction of sp³-hybridized carbons (Fsp3) is 0.583. The van der Waals surface area contributed by atoms with Crippen LogP contribution in [0.4, 0.5) is 0 Å². The number of carbonyl (C=O) groups is 1. The van der Waals surface area contributed by atoms with Gasteiger partial charge in [0, 0.05) is 13.6 Å². The van der Waals surface area contributed by atoms with Crippen LogP contribution in [-0.4, -0.2) is 24.4 Å². The lowest BCUT2D eigenvalue weighted by Crippen LogP contribution is -2.27. The topological polar surface area (TPSA) is 59.5 Å². The zero-order valence-corrected chi connectivity index (χ0v) is 10.0. The molecule has 1 heterocycles. The van der Waals surface area contributed by atoms with Crippen LogP contribution in [-0.2, 0) is 6.54 Å². The summed E-state index contributed by atoms with van der Waals surface area (Å²) in [5.41, 5.74) is 5.42. The molecule has 90 valence electrons. The molecule has 0 saturated carbocycles. The lowest BCUT2D eigenvalue weighted by Gasteiger charge is -2.15. The minimum Gasteiger partial charge on any atom is -0.455 e. The molecule has 0 aliphatic rings. The molecule has 16 heavy (non-hydrogen) atoms. The van der Waals surface area contributed by atoms with Crippen molar-refractivity contribution in [3.63, 3.8) is 0 Å². The third kappa shape index (κ3) is 3.38. The van der Waals surface area contributed by atoms with Crippen molar-refractivity contribution < 1.29 is 9.21 Å².